The maximum absolute atomic E-state index is 13.1. The largest absolute Gasteiger partial charge is 0.339 e. The molecular formula is C12H17F2N3O. The van der Waals surface area contributed by atoms with E-state index in [4.69, 9.17) is 10.3 Å². The first-order valence-electron chi connectivity index (χ1n) is 6.52. The number of hydrogen-bond acceptors (Lipinski definition) is 4. The van der Waals surface area contributed by atoms with Gasteiger partial charge in [0.25, 0.3) is 0 Å². The van der Waals surface area contributed by atoms with Crippen molar-refractivity contribution < 1.29 is 13.3 Å². The molecule has 0 amide bonds. The minimum atomic E-state index is -2.52. The summed E-state index contributed by atoms with van der Waals surface area (Å²) in [4.78, 5) is 4.30. The lowest BCUT2D eigenvalue weighted by molar-refractivity contribution is -0.0402. The van der Waals surface area contributed by atoms with E-state index in [1.54, 1.807) is 0 Å². The third-order valence-electron chi connectivity index (χ3n) is 3.95. The zero-order valence-corrected chi connectivity index (χ0v) is 10.1. The molecule has 0 bridgehead atoms. The van der Waals surface area contributed by atoms with Gasteiger partial charge in [0.05, 0.1) is 6.04 Å². The van der Waals surface area contributed by atoms with Gasteiger partial charge in [-0.15, -0.1) is 0 Å². The average molecular weight is 257 g/mol. The number of nitrogens with zero attached hydrogens (tertiary/aromatic N) is 2. The fraction of sp³-hybridized carbons (Fsp3) is 0.833. The Bertz CT molecular complexity index is 421. The molecule has 2 saturated carbocycles. The number of rotatable bonds is 3. The predicted molar refractivity (Wildman–Crippen MR) is 60.1 cm³/mol. The summed E-state index contributed by atoms with van der Waals surface area (Å²) in [6.45, 7) is 0. The Morgan fingerprint density at radius 1 is 1.22 bits per heavy atom. The average Bonchev–Trinajstić information content (AvgIpc) is 3.06. The minimum absolute atomic E-state index is 0.0303. The first-order valence-corrected chi connectivity index (χ1v) is 6.52. The van der Waals surface area contributed by atoms with E-state index in [1.165, 1.54) is 0 Å². The Labute approximate surface area is 104 Å². The topological polar surface area (TPSA) is 64.9 Å². The minimum Gasteiger partial charge on any atom is -0.339 e. The smallest absolute Gasteiger partial charge is 0.248 e. The van der Waals surface area contributed by atoms with Gasteiger partial charge >= 0.3 is 0 Å². The molecule has 1 atom stereocenters. The Hall–Kier alpha value is -1.04. The van der Waals surface area contributed by atoms with Crippen molar-refractivity contribution in [2.75, 3.05) is 0 Å². The standard InChI is InChI=1S/C12H17F2N3O/c13-12(14)5-3-8(4-6-12)11-16-10(17-18-11)9(15)7-1-2-7/h7-9H,1-6,15H2. The maximum atomic E-state index is 13.1. The number of aromatic nitrogens is 2. The SMILES string of the molecule is NC(c1noc(C2CCC(F)(F)CC2)n1)C1CC1. The van der Waals surface area contributed by atoms with Crippen molar-refractivity contribution in [3.63, 3.8) is 0 Å². The molecule has 2 aliphatic carbocycles. The highest BCUT2D eigenvalue weighted by Gasteiger charge is 2.38. The van der Waals surface area contributed by atoms with Crippen LogP contribution >= 0.6 is 0 Å². The van der Waals surface area contributed by atoms with E-state index in [0.29, 0.717) is 30.5 Å². The highest BCUT2D eigenvalue weighted by molar-refractivity contribution is 5.03. The molecule has 0 saturated heterocycles. The lowest BCUT2D eigenvalue weighted by atomic mass is 9.87. The molecular weight excluding hydrogens is 240 g/mol. The molecule has 100 valence electrons. The van der Waals surface area contributed by atoms with E-state index in [2.05, 4.69) is 10.1 Å². The first-order chi connectivity index (χ1) is 8.55. The number of halogens is 2. The summed E-state index contributed by atoms with van der Waals surface area (Å²) >= 11 is 0. The summed E-state index contributed by atoms with van der Waals surface area (Å²) in [5.41, 5.74) is 5.98. The molecule has 0 spiro atoms. The molecule has 1 unspecified atom stereocenters. The van der Waals surface area contributed by atoms with Gasteiger partial charge in [-0.2, -0.15) is 4.98 Å². The Balaban J connectivity index is 1.66. The van der Waals surface area contributed by atoms with Gasteiger partial charge in [0.15, 0.2) is 5.82 Å². The molecule has 2 fully saturated rings. The Morgan fingerprint density at radius 3 is 2.50 bits per heavy atom. The molecule has 1 aromatic heterocycles. The van der Waals surface area contributed by atoms with Crippen LogP contribution < -0.4 is 5.73 Å². The fourth-order valence-electron chi connectivity index (χ4n) is 2.50. The van der Waals surface area contributed by atoms with E-state index in [0.717, 1.165) is 12.8 Å². The molecule has 2 N–H and O–H groups in total. The highest BCUT2D eigenvalue weighted by atomic mass is 19.3. The van der Waals surface area contributed by atoms with Crippen LogP contribution in [0, 0.1) is 5.92 Å². The van der Waals surface area contributed by atoms with Crippen LogP contribution in [0.3, 0.4) is 0 Å². The van der Waals surface area contributed by atoms with Crippen LogP contribution in [0.2, 0.25) is 0 Å². The van der Waals surface area contributed by atoms with Crippen molar-refractivity contribution in [2.45, 2.75) is 56.4 Å². The van der Waals surface area contributed by atoms with E-state index in [9.17, 15) is 8.78 Å². The Kier molecular flexibility index (Phi) is 2.84. The summed E-state index contributed by atoms with van der Waals surface area (Å²) in [6.07, 6.45) is 2.86. The van der Waals surface area contributed by atoms with Crippen molar-refractivity contribution in [2.24, 2.45) is 11.7 Å². The summed E-state index contributed by atoms with van der Waals surface area (Å²) in [6, 6.07) is -0.160. The van der Waals surface area contributed by atoms with E-state index in [-0.39, 0.29) is 24.8 Å². The van der Waals surface area contributed by atoms with Crippen LogP contribution in [0.4, 0.5) is 8.78 Å². The second-order valence-corrected chi connectivity index (χ2v) is 5.48. The summed E-state index contributed by atoms with van der Waals surface area (Å²) in [7, 11) is 0. The number of hydrogen-bond donors (Lipinski definition) is 1. The second kappa shape index (κ2) is 4.26. The molecule has 18 heavy (non-hydrogen) atoms. The lowest BCUT2D eigenvalue weighted by Crippen LogP contribution is -2.23. The van der Waals surface area contributed by atoms with Crippen LogP contribution in [-0.2, 0) is 0 Å². The quantitative estimate of drug-likeness (QED) is 0.904. The highest BCUT2D eigenvalue weighted by Crippen LogP contribution is 2.42. The summed E-state index contributed by atoms with van der Waals surface area (Å²) < 4.78 is 31.3. The van der Waals surface area contributed by atoms with Crippen LogP contribution in [0.5, 0.6) is 0 Å². The van der Waals surface area contributed by atoms with Gasteiger partial charge in [-0.25, -0.2) is 8.78 Å². The fourth-order valence-corrected chi connectivity index (χ4v) is 2.50. The van der Waals surface area contributed by atoms with E-state index >= 15 is 0 Å². The van der Waals surface area contributed by atoms with Crippen LogP contribution in [0.15, 0.2) is 4.52 Å². The third-order valence-corrected chi connectivity index (χ3v) is 3.95. The molecule has 0 radical (unpaired) electrons. The van der Waals surface area contributed by atoms with Gasteiger partial charge in [-0.05, 0) is 31.6 Å². The molecule has 6 heteroatoms. The molecule has 0 aliphatic heterocycles. The van der Waals surface area contributed by atoms with E-state index < -0.39 is 5.92 Å². The van der Waals surface area contributed by atoms with Gasteiger partial charge in [0, 0.05) is 18.8 Å². The first kappa shape index (κ1) is 12.0. The molecule has 4 nitrogen and oxygen atoms in total. The van der Waals surface area contributed by atoms with Crippen molar-refractivity contribution in [3.8, 4) is 0 Å². The molecule has 0 aromatic carbocycles. The third kappa shape index (κ3) is 2.39. The lowest BCUT2D eigenvalue weighted by Gasteiger charge is -2.25. The van der Waals surface area contributed by atoms with Crippen LogP contribution in [-0.4, -0.2) is 16.1 Å². The van der Waals surface area contributed by atoms with Crippen molar-refractivity contribution >= 4 is 0 Å². The number of alkyl halides is 2. The monoisotopic (exact) mass is 257 g/mol. The van der Waals surface area contributed by atoms with Gasteiger partial charge in [-0.1, -0.05) is 5.16 Å². The van der Waals surface area contributed by atoms with Gasteiger partial charge in [0.1, 0.15) is 0 Å². The maximum Gasteiger partial charge on any atom is 0.248 e. The second-order valence-electron chi connectivity index (χ2n) is 5.48. The van der Waals surface area contributed by atoms with Crippen molar-refractivity contribution in [3.05, 3.63) is 11.7 Å². The summed E-state index contributed by atoms with van der Waals surface area (Å²) in [5.74, 6) is -1.08. The molecule has 2 aliphatic rings. The van der Waals surface area contributed by atoms with E-state index in [1.807, 2.05) is 0 Å². The van der Waals surface area contributed by atoms with Crippen LogP contribution in [0.25, 0.3) is 0 Å². The normalized spacial score (nSPS) is 26.2. The predicted octanol–water partition coefficient (Wildman–Crippen LogP) is 2.77. The van der Waals surface area contributed by atoms with Gasteiger partial charge in [0.2, 0.25) is 11.8 Å². The van der Waals surface area contributed by atoms with Gasteiger partial charge in [-0.3, -0.25) is 0 Å². The van der Waals surface area contributed by atoms with Crippen molar-refractivity contribution in [1.29, 1.82) is 0 Å². The van der Waals surface area contributed by atoms with Crippen LogP contribution in [0.1, 0.15) is 62.2 Å². The van der Waals surface area contributed by atoms with Gasteiger partial charge < -0.3 is 10.3 Å². The molecule has 1 aromatic rings. The van der Waals surface area contributed by atoms with Crippen molar-refractivity contribution in [1.82, 2.24) is 10.1 Å². The molecule has 1 heterocycles. The summed E-state index contributed by atoms with van der Waals surface area (Å²) in [5, 5.41) is 3.89. The Morgan fingerprint density at radius 2 is 1.89 bits per heavy atom. The zero-order chi connectivity index (χ0) is 12.8. The number of nitrogens with two attached hydrogens (primary N) is 1. The molecule has 3 rings (SSSR count). The zero-order valence-electron chi connectivity index (χ0n) is 10.1.